The summed E-state index contributed by atoms with van der Waals surface area (Å²) in [7, 11) is 1.62. The molecule has 1 aliphatic heterocycles. The smallest absolute Gasteiger partial charge is 0.336 e. The van der Waals surface area contributed by atoms with Crippen molar-refractivity contribution >= 4 is 11.8 Å². The van der Waals surface area contributed by atoms with E-state index in [1.165, 1.54) is 0 Å². The van der Waals surface area contributed by atoms with Gasteiger partial charge >= 0.3 is 5.97 Å². The van der Waals surface area contributed by atoms with Gasteiger partial charge < -0.3 is 24.6 Å². The van der Waals surface area contributed by atoms with Crippen LogP contribution in [0.1, 0.15) is 42.7 Å². The molecule has 1 heterocycles. The van der Waals surface area contributed by atoms with Gasteiger partial charge in [0.25, 0.3) is 0 Å². The molecule has 200 valence electrons. The molecule has 0 saturated carbocycles. The van der Waals surface area contributed by atoms with Gasteiger partial charge in [0.2, 0.25) is 0 Å². The van der Waals surface area contributed by atoms with Gasteiger partial charge in [-0.1, -0.05) is 42.5 Å². The largest absolute Gasteiger partial charge is 0.508 e. The summed E-state index contributed by atoms with van der Waals surface area (Å²) in [5.74, 6) is 0.443. The average Bonchev–Trinajstić information content (AvgIpc) is 2.95. The van der Waals surface area contributed by atoms with Crippen LogP contribution in [0.15, 0.2) is 101 Å². The van der Waals surface area contributed by atoms with Crippen LogP contribution < -0.4 is 14.8 Å². The molecule has 0 amide bonds. The Morgan fingerprint density at radius 3 is 2.28 bits per heavy atom. The third-order valence-corrected chi connectivity index (χ3v) is 7.19. The van der Waals surface area contributed by atoms with Gasteiger partial charge in [0.15, 0.2) is 5.78 Å². The number of allylic oxidation sites excluding steroid dienone is 3. The van der Waals surface area contributed by atoms with Crippen LogP contribution in [0.25, 0.3) is 0 Å². The number of carbonyl (C=O) groups is 2. The van der Waals surface area contributed by atoms with Crippen molar-refractivity contribution in [3.63, 3.8) is 0 Å². The van der Waals surface area contributed by atoms with E-state index >= 15 is 0 Å². The summed E-state index contributed by atoms with van der Waals surface area (Å²) >= 11 is 0. The Morgan fingerprint density at radius 1 is 0.897 bits per heavy atom. The third-order valence-electron chi connectivity index (χ3n) is 7.19. The van der Waals surface area contributed by atoms with E-state index in [4.69, 9.17) is 14.2 Å². The first-order valence-corrected chi connectivity index (χ1v) is 13.0. The number of para-hydroxylation sites is 1. The number of aromatic hydroxyl groups is 1. The Bertz CT molecular complexity index is 1410. The summed E-state index contributed by atoms with van der Waals surface area (Å²) in [6.45, 7) is 2.09. The predicted molar refractivity (Wildman–Crippen MR) is 147 cm³/mol. The highest BCUT2D eigenvalue weighted by Gasteiger charge is 2.41. The number of esters is 1. The molecule has 0 radical (unpaired) electrons. The van der Waals surface area contributed by atoms with Gasteiger partial charge in [-0.15, -0.1) is 0 Å². The second kappa shape index (κ2) is 11.5. The number of rotatable bonds is 8. The minimum Gasteiger partial charge on any atom is -0.508 e. The minimum absolute atomic E-state index is 0.00607. The fourth-order valence-corrected chi connectivity index (χ4v) is 5.31. The number of nitrogens with one attached hydrogen (secondary N) is 1. The number of hydrogen-bond acceptors (Lipinski definition) is 7. The molecular weight excluding hydrogens is 494 g/mol. The van der Waals surface area contributed by atoms with Gasteiger partial charge in [0.1, 0.15) is 30.5 Å². The zero-order chi connectivity index (χ0) is 27.4. The monoisotopic (exact) mass is 525 g/mol. The molecule has 3 aromatic rings. The Kier molecular flexibility index (Phi) is 7.68. The zero-order valence-electron chi connectivity index (χ0n) is 22.0. The molecule has 2 atom stereocenters. The molecule has 5 rings (SSSR count). The lowest BCUT2D eigenvalue weighted by atomic mass is 9.71. The van der Waals surface area contributed by atoms with Gasteiger partial charge in [0, 0.05) is 29.3 Å². The van der Waals surface area contributed by atoms with Crippen LogP contribution in [0.4, 0.5) is 0 Å². The van der Waals surface area contributed by atoms with E-state index in [0.717, 1.165) is 22.6 Å². The SMILES string of the molecule is COc1ccc([C@H]2CC(=O)C3=C(C2)NC(C)=C(C(=O)OCCOc2ccccc2)[C@@H]3c2ccc(O)cc2)cc1. The maximum atomic E-state index is 13.7. The molecule has 7 nitrogen and oxygen atoms in total. The summed E-state index contributed by atoms with van der Waals surface area (Å²) in [5.41, 5.74) is 4.21. The normalized spacial score (nSPS) is 18.8. The first kappa shape index (κ1) is 26.1. The van der Waals surface area contributed by atoms with E-state index in [9.17, 15) is 14.7 Å². The molecule has 39 heavy (non-hydrogen) atoms. The van der Waals surface area contributed by atoms with Crippen LogP contribution in [0.3, 0.4) is 0 Å². The average molecular weight is 526 g/mol. The first-order chi connectivity index (χ1) is 18.9. The lowest BCUT2D eigenvalue weighted by Crippen LogP contribution is -2.36. The Hall–Kier alpha value is -4.52. The van der Waals surface area contributed by atoms with Crippen molar-refractivity contribution in [2.24, 2.45) is 0 Å². The standard InChI is InChI=1S/C32H31NO6/c1-20-29(32(36)39-17-16-38-26-6-4-3-5-7-26)30(22-8-12-24(34)13-9-22)31-27(33-20)18-23(19-28(31)35)21-10-14-25(37-2)15-11-21/h3-15,23,30,33-34H,16-19H2,1-2H3/t23-,30+/m1/s1. The number of phenolic OH excluding ortho intramolecular Hbond substituents is 1. The van der Waals surface area contributed by atoms with Crippen molar-refractivity contribution in [2.75, 3.05) is 20.3 Å². The van der Waals surface area contributed by atoms with Crippen molar-refractivity contribution in [3.8, 4) is 17.2 Å². The highest BCUT2D eigenvalue weighted by atomic mass is 16.6. The molecule has 2 N–H and O–H groups in total. The van der Waals surface area contributed by atoms with Crippen molar-refractivity contribution in [2.45, 2.75) is 31.6 Å². The van der Waals surface area contributed by atoms with Crippen molar-refractivity contribution in [3.05, 3.63) is 113 Å². The highest BCUT2D eigenvalue weighted by molar-refractivity contribution is 6.04. The molecule has 7 heteroatoms. The van der Waals surface area contributed by atoms with Crippen molar-refractivity contribution in [1.29, 1.82) is 0 Å². The summed E-state index contributed by atoms with van der Waals surface area (Å²) in [6, 6.07) is 23.7. The van der Waals surface area contributed by atoms with Gasteiger partial charge in [-0.3, -0.25) is 4.79 Å². The molecule has 3 aromatic carbocycles. The molecule has 0 saturated heterocycles. The molecule has 2 aliphatic rings. The number of phenols is 1. The topological polar surface area (TPSA) is 94.1 Å². The summed E-state index contributed by atoms with van der Waals surface area (Å²) in [6.07, 6.45) is 0.959. The van der Waals surface area contributed by atoms with E-state index in [-0.39, 0.29) is 30.7 Å². The number of ether oxygens (including phenoxy) is 3. The van der Waals surface area contributed by atoms with Crippen LogP contribution in [0.2, 0.25) is 0 Å². The van der Waals surface area contributed by atoms with Crippen LogP contribution in [0.5, 0.6) is 17.2 Å². The summed E-state index contributed by atoms with van der Waals surface area (Å²) in [5, 5.41) is 13.2. The Labute approximate surface area is 227 Å². The summed E-state index contributed by atoms with van der Waals surface area (Å²) < 4.78 is 16.6. The van der Waals surface area contributed by atoms with Crippen LogP contribution in [-0.2, 0) is 14.3 Å². The van der Waals surface area contributed by atoms with Gasteiger partial charge in [-0.05, 0) is 66.8 Å². The van der Waals surface area contributed by atoms with Crippen molar-refractivity contribution in [1.82, 2.24) is 5.32 Å². The third kappa shape index (κ3) is 5.67. The maximum Gasteiger partial charge on any atom is 0.336 e. The number of benzene rings is 3. The maximum absolute atomic E-state index is 13.7. The Morgan fingerprint density at radius 2 is 1.59 bits per heavy atom. The second-order valence-corrected chi connectivity index (χ2v) is 9.68. The zero-order valence-corrected chi connectivity index (χ0v) is 22.0. The van der Waals surface area contributed by atoms with E-state index in [1.807, 2.05) is 61.5 Å². The molecule has 0 bridgehead atoms. The van der Waals surface area contributed by atoms with Crippen LogP contribution >= 0.6 is 0 Å². The van der Waals surface area contributed by atoms with Gasteiger partial charge in [-0.25, -0.2) is 4.79 Å². The van der Waals surface area contributed by atoms with E-state index in [0.29, 0.717) is 35.4 Å². The van der Waals surface area contributed by atoms with Gasteiger partial charge in [0.05, 0.1) is 12.7 Å². The minimum atomic E-state index is -0.603. The molecule has 0 aromatic heterocycles. The predicted octanol–water partition coefficient (Wildman–Crippen LogP) is 5.38. The van der Waals surface area contributed by atoms with E-state index < -0.39 is 11.9 Å². The Balaban J connectivity index is 1.40. The second-order valence-electron chi connectivity index (χ2n) is 9.68. The highest BCUT2D eigenvalue weighted by Crippen LogP contribution is 2.46. The van der Waals surface area contributed by atoms with E-state index in [2.05, 4.69) is 5.32 Å². The van der Waals surface area contributed by atoms with Crippen molar-refractivity contribution < 1.29 is 28.9 Å². The molecule has 1 aliphatic carbocycles. The number of Topliss-reactive ketones (excluding diaryl/α,β-unsaturated/α-hetero) is 1. The van der Waals surface area contributed by atoms with Crippen LogP contribution in [-0.4, -0.2) is 37.2 Å². The quantitative estimate of drug-likeness (QED) is 0.301. The molecule has 0 spiro atoms. The fourth-order valence-electron chi connectivity index (χ4n) is 5.31. The molecular formula is C32H31NO6. The number of dihydropyridines is 1. The number of ketones is 1. The molecule has 0 fully saturated rings. The van der Waals surface area contributed by atoms with Crippen LogP contribution in [0, 0.1) is 0 Å². The number of carbonyl (C=O) groups excluding carboxylic acids is 2. The summed E-state index contributed by atoms with van der Waals surface area (Å²) in [4.78, 5) is 27.1. The molecule has 0 unspecified atom stereocenters. The van der Waals surface area contributed by atoms with E-state index in [1.54, 1.807) is 31.4 Å². The van der Waals surface area contributed by atoms with Gasteiger partial charge in [-0.2, -0.15) is 0 Å². The first-order valence-electron chi connectivity index (χ1n) is 13.0. The fraction of sp³-hybridized carbons (Fsp3) is 0.250. The lowest BCUT2D eigenvalue weighted by molar-refractivity contribution is -0.140. The number of methoxy groups -OCH3 is 1. The lowest BCUT2D eigenvalue weighted by Gasteiger charge is -2.36. The number of hydrogen-bond donors (Lipinski definition) is 2.